The van der Waals surface area contributed by atoms with E-state index >= 15 is 0 Å². The van der Waals surface area contributed by atoms with E-state index in [9.17, 15) is 4.79 Å². The number of aryl methyl sites for hydroxylation is 1. The molecular weight excluding hydrogens is 396 g/mol. The molecule has 2 aromatic heterocycles. The van der Waals surface area contributed by atoms with Crippen LogP contribution in [-0.4, -0.2) is 69.7 Å². The van der Waals surface area contributed by atoms with Crippen LogP contribution in [0, 0.1) is 13.8 Å². The van der Waals surface area contributed by atoms with Crippen molar-refractivity contribution >= 4 is 11.7 Å². The average Bonchev–Trinajstić information content (AvgIpc) is 3.16. The lowest BCUT2D eigenvalue weighted by atomic mass is 10.1. The van der Waals surface area contributed by atoms with Gasteiger partial charge in [0.15, 0.2) is 11.5 Å². The SMILES string of the molecule is Cc1ncn(-c2cc(N3CCN(C(=O)c4cccc5c4OCCO5)CC3)ncn2)c1C. The molecule has 1 amide bonds. The molecule has 0 bridgehead atoms. The summed E-state index contributed by atoms with van der Waals surface area (Å²) in [7, 11) is 0. The molecule has 3 aromatic rings. The molecule has 2 aliphatic heterocycles. The number of benzene rings is 1. The van der Waals surface area contributed by atoms with E-state index in [0.717, 1.165) is 23.0 Å². The molecule has 4 heterocycles. The van der Waals surface area contributed by atoms with Gasteiger partial charge in [-0.3, -0.25) is 9.36 Å². The number of hydrogen-bond donors (Lipinski definition) is 0. The quantitative estimate of drug-likeness (QED) is 0.641. The van der Waals surface area contributed by atoms with Gasteiger partial charge in [-0.2, -0.15) is 0 Å². The first-order valence-corrected chi connectivity index (χ1v) is 10.4. The number of piperazine rings is 1. The second-order valence-corrected chi connectivity index (χ2v) is 7.63. The summed E-state index contributed by atoms with van der Waals surface area (Å²) in [4.78, 5) is 30.4. The number of hydrogen-bond acceptors (Lipinski definition) is 7. The molecule has 2 aliphatic rings. The predicted octanol–water partition coefficient (Wildman–Crippen LogP) is 2.01. The molecule has 5 rings (SSSR count). The number of aromatic nitrogens is 4. The first kappa shape index (κ1) is 19.3. The smallest absolute Gasteiger partial charge is 0.257 e. The Morgan fingerprint density at radius 1 is 0.968 bits per heavy atom. The number of para-hydroxylation sites is 1. The summed E-state index contributed by atoms with van der Waals surface area (Å²) >= 11 is 0. The third-order valence-corrected chi connectivity index (χ3v) is 5.82. The Balaban J connectivity index is 1.30. The van der Waals surface area contributed by atoms with Crippen molar-refractivity contribution in [1.82, 2.24) is 24.4 Å². The topological polar surface area (TPSA) is 85.6 Å². The van der Waals surface area contributed by atoms with Crippen LogP contribution in [0.15, 0.2) is 36.9 Å². The van der Waals surface area contributed by atoms with Crippen LogP contribution in [0.3, 0.4) is 0 Å². The van der Waals surface area contributed by atoms with E-state index in [-0.39, 0.29) is 5.91 Å². The van der Waals surface area contributed by atoms with Gasteiger partial charge in [0.25, 0.3) is 5.91 Å². The van der Waals surface area contributed by atoms with Crippen LogP contribution in [0.25, 0.3) is 5.82 Å². The zero-order valence-corrected chi connectivity index (χ0v) is 17.6. The van der Waals surface area contributed by atoms with E-state index in [1.165, 1.54) is 0 Å². The van der Waals surface area contributed by atoms with Gasteiger partial charge in [-0.25, -0.2) is 15.0 Å². The minimum Gasteiger partial charge on any atom is -0.486 e. The van der Waals surface area contributed by atoms with Crippen molar-refractivity contribution in [2.24, 2.45) is 0 Å². The van der Waals surface area contributed by atoms with E-state index < -0.39 is 0 Å². The third kappa shape index (κ3) is 3.56. The van der Waals surface area contributed by atoms with Crippen molar-refractivity contribution in [3.63, 3.8) is 0 Å². The maximum Gasteiger partial charge on any atom is 0.257 e. The summed E-state index contributed by atoms with van der Waals surface area (Å²) in [6, 6.07) is 7.43. The number of nitrogens with zero attached hydrogens (tertiary/aromatic N) is 6. The highest BCUT2D eigenvalue weighted by molar-refractivity contribution is 5.98. The molecular formula is C22H24N6O3. The molecule has 31 heavy (non-hydrogen) atoms. The van der Waals surface area contributed by atoms with Crippen LogP contribution in [0.2, 0.25) is 0 Å². The van der Waals surface area contributed by atoms with E-state index in [4.69, 9.17) is 9.47 Å². The summed E-state index contributed by atoms with van der Waals surface area (Å²) in [5.41, 5.74) is 2.59. The van der Waals surface area contributed by atoms with Crippen LogP contribution in [-0.2, 0) is 0 Å². The van der Waals surface area contributed by atoms with Crippen molar-refractivity contribution in [1.29, 1.82) is 0 Å². The van der Waals surface area contributed by atoms with Crippen LogP contribution in [0.1, 0.15) is 21.7 Å². The predicted molar refractivity (Wildman–Crippen MR) is 114 cm³/mol. The Labute approximate surface area is 180 Å². The van der Waals surface area contributed by atoms with Gasteiger partial charge in [0.05, 0.1) is 11.3 Å². The van der Waals surface area contributed by atoms with Gasteiger partial charge in [0.2, 0.25) is 0 Å². The van der Waals surface area contributed by atoms with Gasteiger partial charge in [0.1, 0.15) is 37.5 Å². The maximum absolute atomic E-state index is 13.1. The molecule has 0 N–H and O–H groups in total. The van der Waals surface area contributed by atoms with E-state index in [2.05, 4.69) is 19.9 Å². The number of carbonyl (C=O) groups is 1. The number of amides is 1. The van der Waals surface area contributed by atoms with E-state index in [0.29, 0.717) is 56.5 Å². The van der Waals surface area contributed by atoms with Gasteiger partial charge in [-0.1, -0.05) is 6.07 Å². The van der Waals surface area contributed by atoms with Crippen LogP contribution >= 0.6 is 0 Å². The fourth-order valence-corrected chi connectivity index (χ4v) is 3.92. The minimum atomic E-state index is -0.0325. The van der Waals surface area contributed by atoms with Crippen molar-refractivity contribution in [2.45, 2.75) is 13.8 Å². The Bertz CT molecular complexity index is 1120. The normalized spacial score (nSPS) is 15.8. The lowest BCUT2D eigenvalue weighted by Crippen LogP contribution is -2.49. The van der Waals surface area contributed by atoms with E-state index in [1.54, 1.807) is 18.7 Å². The molecule has 0 unspecified atom stereocenters. The number of ether oxygens (including phenoxy) is 2. The Morgan fingerprint density at radius 2 is 1.74 bits per heavy atom. The molecule has 0 aliphatic carbocycles. The molecule has 160 valence electrons. The second-order valence-electron chi connectivity index (χ2n) is 7.63. The number of rotatable bonds is 3. The molecule has 0 radical (unpaired) electrons. The average molecular weight is 420 g/mol. The molecule has 0 saturated carbocycles. The standard InChI is InChI=1S/C22H24N6O3/c1-15-16(2)28(14-25-15)20-12-19(23-13-24-20)26-6-8-27(9-7-26)22(29)17-4-3-5-18-21(17)31-11-10-30-18/h3-5,12-14H,6-11H2,1-2H3. The molecule has 9 heteroatoms. The number of fused-ring (bicyclic) bond motifs is 1. The summed E-state index contributed by atoms with van der Waals surface area (Å²) in [6.07, 6.45) is 3.35. The molecule has 1 fully saturated rings. The van der Waals surface area contributed by atoms with E-state index in [1.807, 2.05) is 41.5 Å². The zero-order valence-electron chi connectivity index (χ0n) is 17.6. The molecule has 0 spiro atoms. The van der Waals surface area contributed by atoms with Crippen molar-refractivity contribution in [3.8, 4) is 17.3 Å². The zero-order chi connectivity index (χ0) is 21.4. The van der Waals surface area contributed by atoms with Gasteiger partial charge in [-0.05, 0) is 26.0 Å². The van der Waals surface area contributed by atoms with Gasteiger partial charge >= 0.3 is 0 Å². The Hall–Kier alpha value is -3.62. The van der Waals surface area contributed by atoms with Crippen molar-refractivity contribution in [2.75, 3.05) is 44.3 Å². The highest BCUT2D eigenvalue weighted by Gasteiger charge is 2.27. The molecule has 1 aromatic carbocycles. The summed E-state index contributed by atoms with van der Waals surface area (Å²) in [5.74, 6) is 2.78. The van der Waals surface area contributed by atoms with Crippen LogP contribution in [0.4, 0.5) is 5.82 Å². The monoisotopic (exact) mass is 420 g/mol. The van der Waals surface area contributed by atoms with Crippen LogP contribution in [0.5, 0.6) is 11.5 Å². The van der Waals surface area contributed by atoms with Crippen LogP contribution < -0.4 is 14.4 Å². The van der Waals surface area contributed by atoms with Gasteiger partial charge in [0, 0.05) is 37.9 Å². The highest BCUT2D eigenvalue weighted by Crippen LogP contribution is 2.34. The summed E-state index contributed by atoms with van der Waals surface area (Å²) in [6.45, 7) is 7.54. The van der Waals surface area contributed by atoms with Gasteiger partial charge < -0.3 is 19.3 Å². The third-order valence-electron chi connectivity index (χ3n) is 5.82. The first-order chi connectivity index (χ1) is 15.1. The second kappa shape index (κ2) is 7.90. The minimum absolute atomic E-state index is 0.0325. The molecule has 1 saturated heterocycles. The fourth-order valence-electron chi connectivity index (χ4n) is 3.92. The molecule has 9 nitrogen and oxygen atoms in total. The number of anilines is 1. The van der Waals surface area contributed by atoms with Gasteiger partial charge in [-0.15, -0.1) is 0 Å². The fraction of sp³-hybridized carbons (Fsp3) is 0.364. The summed E-state index contributed by atoms with van der Waals surface area (Å²) in [5, 5.41) is 0. The Kier molecular flexibility index (Phi) is 4.93. The van der Waals surface area contributed by atoms with Crippen molar-refractivity contribution < 1.29 is 14.3 Å². The lowest BCUT2D eigenvalue weighted by Gasteiger charge is -2.36. The molecule has 0 atom stereocenters. The Morgan fingerprint density at radius 3 is 2.52 bits per heavy atom. The van der Waals surface area contributed by atoms with Crippen molar-refractivity contribution in [3.05, 3.63) is 53.9 Å². The lowest BCUT2D eigenvalue weighted by molar-refractivity contribution is 0.0736. The highest BCUT2D eigenvalue weighted by atomic mass is 16.6. The maximum atomic E-state index is 13.1. The first-order valence-electron chi connectivity index (χ1n) is 10.4. The summed E-state index contributed by atoms with van der Waals surface area (Å²) < 4.78 is 13.3. The largest absolute Gasteiger partial charge is 0.486 e. The number of carbonyl (C=O) groups excluding carboxylic acids is 1. The number of imidazole rings is 1.